The molecular weight excluding hydrogens is 605 g/mol. The molecule has 0 aliphatic rings. The second-order valence-corrected chi connectivity index (χ2v) is 13.2. The largest absolute Gasteiger partial charge is 0.354 e. The van der Waals surface area contributed by atoms with Crippen LogP contribution < -0.4 is 9.62 Å². The molecule has 2 amide bonds. The Morgan fingerprint density at radius 1 is 0.902 bits per heavy atom. The number of carbonyl (C=O) groups excluding carboxylic acids is 2. The maximum atomic E-state index is 14.1. The predicted octanol–water partition coefficient (Wildman–Crippen LogP) is 6.73. The van der Waals surface area contributed by atoms with Crippen molar-refractivity contribution in [2.75, 3.05) is 17.4 Å². The molecule has 0 heterocycles. The van der Waals surface area contributed by atoms with Gasteiger partial charge in [0.1, 0.15) is 12.6 Å². The van der Waals surface area contributed by atoms with Gasteiger partial charge in [0.05, 0.1) is 20.6 Å². The summed E-state index contributed by atoms with van der Waals surface area (Å²) in [5, 5.41) is 3.70. The molecule has 11 heteroatoms. The Kier molecular flexibility index (Phi) is 11.5. The van der Waals surface area contributed by atoms with E-state index in [0.717, 1.165) is 9.87 Å². The molecule has 3 rings (SSSR count). The zero-order valence-electron chi connectivity index (χ0n) is 23.4. The van der Waals surface area contributed by atoms with Crippen LogP contribution in [0.2, 0.25) is 15.1 Å². The summed E-state index contributed by atoms with van der Waals surface area (Å²) in [4.78, 5) is 28.8. The Bertz CT molecular complexity index is 1480. The third-order valence-corrected chi connectivity index (χ3v) is 9.34. The number of anilines is 1. The van der Waals surface area contributed by atoms with E-state index in [-0.39, 0.29) is 39.0 Å². The molecule has 0 saturated heterocycles. The average molecular weight is 639 g/mol. The lowest BCUT2D eigenvalue weighted by atomic mass is 10.1. The van der Waals surface area contributed by atoms with Crippen molar-refractivity contribution in [3.63, 3.8) is 0 Å². The first kappa shape index (κ1) is 32.7. The van der Waals surface area contributed by atoms with Crippen LogP contribution in [0.3, 0.4) is 0 Å². The lowest BCUT2D eigenvalue weighted by Gasteiger charge is -2.33. The smallest absolute Gasteiger partial charge is 0.264 e. The van der Waals surface area contributed by atoms with Gasteiger partial charge in [-0.2, -0.15) is 0 Å². The molecule has 3 aromatic carbocycles. The lowest BCUT2D eigenvalue weighted by Crippen LogP contribution is -2.52. The maximum absolute atomic E-state index is 14.1. The molecule has 220 valence electrons. The molecule has 0 aliphatic carbocycles. The van der Waals surface area contributed by atoms with Crippen molar-refractivity contribution in [3.8, 4) is 0 Å². The lowest BCUT2D eigenvalue weighted by molar-refractivity contribution is -0.140. The summed E-state index contributed by atoms with van der Waals surface area (Å²) < 4.78 is 28.9. The van der Waals surface area contributed by atoms with E-state index < -0.39 is 28.5 Å². The van der Waals surface area contributed by atoms with Gasteiger partial charge in [0, 0.05) is 18.1 Å². The second kappa shape index (κ2) is 14.4. The molecule has 1 atom stereocenters. The molecule has 0 spiro atoms. The third kappa shape index (κ3) is 8.38. The number of nitrogens with zero attached hydrogens (tertiary/aromatic N) is 2. The summed E-state index contributed by atoms with van der Waals surface area (Å²) in [6.07, 6.45) is 0.303. The predicted molar refractivity (Wildman–Crippen MR) is 166 cm³/mol. The Labute approximate surface area is 257 Å². The van der Waals surface area contributed by atoms with Gasteiger partial charge in [0.25, 0.3) is 10.0 Å². The summed E-state index contributed by atoms with van der Waals surface area (Å²) in [5.74, 6) is -0.712. The first-order chi connectivity index (χ1) is 19.3. The van der Waals surface area contributed by atoms with Gasteiger partial charge < -0.3 is 10.2 Å². The van der Waals surface area contributed by atoms with Gasteiger partial charge in [0.2, 0.25) is 11.8 Å². The van der Waals surface area contributed by atoms with Crippen LogP contribution in [-0.2, 0) is 26.2 Å². The standard InChI is InChI=1S/C30H34Cl3N3O4S/c1-5-28(30(38)34-17-20(2)3)35(18-22-8-6-7-9-25(22)31)29(37)19-36(23-12-15-26(32)27(33)16-23)41(39,40)24-13-10-21(4)11-14-24/h6-16,20,28H,5,17-19H2,1-4H3,(H,34,38)/t28-/m0/s1. The number of hydrogen-bond acceptors (Lipinski definition) is 4. The van der Waals surface area contributed by atoms with E-state index in [4.69, 9.17) is 34.8 Å². The summed E-state index contributed by atoms with van der Waals surface area (Å²) >= 11 is 18.8. The Hall–Kier alpha value is -2.78. The van der Waals surface area contributed by atoms with Gasteiger partial charge in [-0.1, -0.05) is 91.5 Å². The summed E-state index contributed by atoms with van der Waals surface area (Å²) in [6, 6.07) is 16.8. The minimum Gasteiger partial charge on any atom is -0.354 e. The van der Waals surface area contributed by atoms with E-state index in [1.54, 1.807) is 43.3 Å². The van der Waals surface area contributed by atoms with Crippen molar-refractivity contribution in [2.45, 2.75) is 51.6 Å². The molecule has 41 heavy (non-hydrogen) atoms. The van der Waals surface area contributed by atoms with E-state index in [0.29, 0.717) is 23.6 Å². The normalized spacial score (nSPS) is 12.2. The Morgan fingerprint density at radius 3 is 2.15 bits per heavy atom. The van der Waals surface area contributed by atoms with Crippen molar-refractivity contribution in [1.29, 1.82) is 0 Å². The highest BCUT2D eigenvalue weighted by Crippen LogP contribution is 2.31. The van der Waals surface area contributed by atoms with Gasteiger partial charge in [0.15, 0.2) is 0 Å². The number of benzene rings is 3. The molecule has 0 radical (unpaired) electrons. The van der Waals surface area contributed by atoms with Gasteiger partial charge in [-0.25, -0.2) is 8.42 Å². The van der Waals surface area contributed by atoms with Crippen LogP contribution in [0.5, 0.6) is 0 Å². The highest BCUT2D eigenvalue weighted by atomic mass is 35.5. The molecule has 0 unspecified atom stereocenters. The quantitative estimate of drug-likeness (QED) is 0.238. The van der Waals surface area contributed by atoms with E-state index in [2.05, 4.69) is 5.32 Å². The fourth-order valence-electron chi connectivity index (χ4n) is 4.16. The number of hydrogen-bond donors (Lipinski definition) is 1. The third-order valence-electron chi connectivity index (χ3n) is 6.45. The average Bonchev–Trinajstić information content (AvgIpc) is 2.93. The van der Waals surface area contributed by atoms with Crippen molar-refractivity contribution in [3.05, 3.63) is 92.9 Å². The highest BCUT2D eigenvalue weighted by Gasteiger charge is 2.34. The monoisotopic (exact) mass is 637 g/mol. The first-order valence-electron chi connectivity index (χ1n) is 13.2. The minimum atomic E-state index is -4.23. The van der Waals surface area contributed by atoms with Crippen LogP contribution in [-0.4, -0.2) is 44.3 Å². The number of amides is 2. The van der Waals surface area contributed by atoms with Crippen LogP contribution in [0.1, 0.15) is 38.3 Å². The summed E-state index contributed by atoms with van der Waals surface area (Å²) in [5.41, 5.74) is 1.66. The van der Waals surface area contributed by atoms with E-state index in [1.165, 1.54) is 35.2 Å². The van der Waals surface area contributed by atoms with Crippen molar-refractivity contribution in [2.24, 2.45) is 5.92 Å². The van der Waals surface area contributed by atoms with Crippen LogP contribution >= 0.6 is 34.8 Å². The van der Waals surface area contributed by atoms with Gasteiger partial charge >= 0.3 is 0 Å². The molecule has 0 saturated carbocycles. The van der Waals surface area contributed by atoms with E-state index in [1.807, 2.05) is 20.8 Å². The molecule has 7 nitrogen and oxygen atoms in total. The van der Waals surface area contributed by atoms with E-state index >= 15 is 0 Å². The van der Waals surface area contributed by atoms with Crippen LogP contribution in [0.25, 0.3) is 0 Å². The maximum Gasteiger partial charge on any atom is 0.264 e. The fraction of sp³-hybridized carbons (Fsp3) is 0.333. The molecule has 0 bridgehead atoms. The Balaban J connectivity index is 2.08. The highest BCUT2D eigenvalue weighted by molar-refractivity contribution is 7.92. The molecule has 0 aliphatic heterocycles. The summed E-state index contributed by atoms with van der Waals surface area (Å²) in [6.45, 7) is 7.43. The van der Waals surface area contributed by atoms with Crippen LogP contribution in [0, 0.1) is 12.8 Å². The number of carbonyl (C=O) groups is 2. The summed E-state index contributed by atoms with van der Waals surface area (Å²) in [7, 11) is -4.23. The zero-order chi connectivity index (χ0) is 30.3. The van der Waals surface area contributed by atoms with Gasteiger partial charge in [-0.3, -0.25) is 13.9 Å². The second-order valence-electron chi connectivity index (χ2n) is 10.1. The van der Waals surface area contributed by atoms with Gasteiger partial charge in [-0.05, 0) is 61.2 Å². The Morgan fingerprint density at radius 2 is 1.56 bits per heavy atom. The zero-order valence-corrected chi connectivity index (χ0v) is 26.5. The molecular formula is C30H34Cl3N3O4S. The minimum absolute atomic E-state index is 0.00124. The fourth-order valence-corrected chi connectivity index (χ4v) is 6.05. The van der Waals surface area contributed by atoms with Crippen molar-refractivity contribution in [1.82, 2.24) is 10.2 Å². The van der Waals surface area contributed by atoms with Crippen LogP contribution in [0.4, 0.5) is 5.69 Å². The molecule has 0 aromatic heterocycles. The van der Waals surface area contributed by atoms with E-state index in [9.17, 15) is 18.0 Å². The SMILES string of the molecule is CC[C@@H](C(=O)NCC(C)C)N(Cc1ccccc1Cl)C(=O)CN(c1ccc(Cl)c(Cl)c1)S(=O)(=O)c1ccc(C)cc1. The number of sulfonamides is 1. The first-order valence-corrected chi connectivity index (χ1v) is 15.8. The van der Waals surface area contributed by atoms with Crippen molar-refractivity contribution < 1.29 is 18.0 Å². The molecule has 3 aromatic rings. The topological polar surface area (TPSA) is 86.8 Å². The van der Waals surface area contributed by atoms with Crippen molar-refractivity contribution >= 4 is 62.3 Å². The number of nitrogens with one attached hydrogen (secondary N) is 1. The van der Waals surface area contributed by atoms with Gasteiger partial charge in [-0.15, -0.1) is 0 Å². The molecule has 1 N–H and O–H groups in total. The number of halogens is 3. The number of aryl methyl sites for hydroxylation is 1. The molecule has 0 fully saturated rings. The number of rotatable bonds is 12. The van der Waals surface area contributed by atoms with Crippen LogP contribution in [0.15, 0.2) is 71.6 Å².